The fourth-order valence-electron chi connectivity index (χ4n) is 2.27. The van der Waals surface area contributed by atoms with Crippen molar-refractivity contribution in [1.29, 1.82) is 0 Å². The van der Waals surface area contributed by atoms with Gasteiger partial charge in [-0.25, -0.2) is 13.2 Å². The Bertz CT molecular complexity index is 929. The van der Waals surface area contributed by atoms with Crippen molar-refractivity contribution >= 4 is 0 Å². The van der Waals surface area contributed by atoms with Crippen LogP contribution in [-0.4, -0.2) is 0 Å². The molecule has 0 heterocycles. The fraction of sp³-hybridized carbons (Fsp3) is 0.100. The van der Waals surface area contributed by atoms with Crippen LogP contribution in [0.4, 0.5) is 22.0 Å². The van der Waals surface area contributed by atoms with E-state index in [0.29, 0.717) is 18.2 Å². The molecule has 0 aliphatic rings. The standard InChI is InChI=1S/C20H13F5O2/c21-16-8-6-14(10-17(16)22)20(24,25)27-19-9-7-15(11-18(19)23)26-12-13-4-2-1-3-5-13/h1-11H,12H2. The summed E-state index contributed by atoms with van der Waals surface area (Å²) in [4.78, 5) is 0. The van der Waals surface area contributed by atoms with Crippen LogP contribution in [0.1, 0.15) is 11.1 Å². The first-order valence-electron chi connectivity index (χ1n) is 7.84. The van der Waals surface area contributed by atoms with Gasteiger partial charge in [0.15, 0.2) is 23.2 Å². The molecule has 3 aromatic rings. The number of alkyl halides is 2. The van der Waals surface area contributed by atoms with Crippen LogP contribution in [0, 0.1) is 17.5 Å². The van der Waals surface area contributed by atoms with Gasteiger partial charge in [-0.3, -0.25) is 0 Å². The predicted molar refractivity (Wildman–Crippen MR) is 88.1 cm³/mol. The normalized spacial score (nSPS) is 11.3. The highest BCUT2D eigenvalue weighted by Gasteiger charge is 2.36. The summed E-state index contributed by atoms with van der Waals surface area (Å²) in [7, 11) is 0. The molecular formula is C20H13F5O2. The number of benzene rings is 3. The van der Waals surface area contributed by atoms with Gasteiger partial charge in [0.1, 0.15) is 12.4 Å². The lowest BCUT2D eigenvalue weighted by Gasteiger charge is -2.19. The van der Waals surface area contributed by atoms with Crippen LogP contribution in [-0.2, 0) is 12.7 Å². The topological polar surface area (TPSA) is 18.5 Å². The molecule has 27 heavy (non-hydrogen) atoms. The van der Waals surface area contributed by atoms with E-state index in [1.165, 1.54) is 6.07 Å². The largest absolute Gasteiger partial charge is 0.489 e. The predicted octanol–water partition coefficient (Wildman–Crippen LogP) is 5.81. The van der Waals surface area contributed by atoms with Crippen molar-refractivity contribution in [3.63, 3.8) is 0 Å². The molecule has 0 spiro atoms. The first-order chi connectivity index (χ1) is 12.8. The third kappa shape index (κ3) is 4.55. The monoisotopic (exact) mass is 380 g/mol. The molecule has 2 nitrogen and oxygen atoms in total. The molecule has 0 aliphatic carbocycles. The number of hydrogen-bond acceptors (Lipinski definition) is 2. The Morgan fingerprint density at radius 3 is 2.15 bits per heavy atom. The molecule has 3 rings (SSSR count). The number of halogens is 5. The van der Waals surface area contributed by atoms with Gasteiger partial charge >= 0.3 is 6.11 Å². The summed E-state index contributed by atoms with van der Waals surface area (Å²) in [5.41, 5.74) is -0.0895. The van der Waals surface area contributed by atoms with Crippen LogP contribution < -0.4 is 9.47 Å². The van der Waals surface area contributed by atoms with E-state index >= 15 is 0 Å². The third-order valence-electron chi connectivity index (χ3n) is 3.65. The molecule has 0 radical (unpaired) electrons. The Morgan fingerprint density at radius 1 is 0.741 bits per heavy atom. The summed E-state index contributed by atoms with van der Waals surface area (Å²) in [6.45, 7) is 0.172. The maximum atomic E-state index is 14.1. The molecule has 0 N–H and O–H groups in total. The van der Waals surface area contributed by atoms with E-state index in [1.807, 2.05) is 30.3 Å². The second kappa shape index (κ2) is 7.65. The summed E-state index contributed by atoms with van der Waals surface area (Å²) < 4.78 is 78.1. The van der Waals surface area contributed by atoms with E-state index < -0.39 is 34.9 Å². The van der Waals surface area contributed by atoms with Crippen molar-refractivity contribution in [1.82, 2.24) is 0 Å². The number of rotatable bonds is 6. The lowest BCUT2D eigenvalue weighted by Crippen LogP contribution is -2.22. The van der Waals surface area contributed by atoms with Crippen molar-refractivity contribution in [2.45, 2.75) is 12.7 Å². The first-order valence-corrected chi connectivity index (χ1v) is 7.84. The molecule has 0 saturated carbocycles. The van der Waals surface area contributed by atoms with Crippen molar-refractivity contribution in [3.05, 3.63) is 95.3 Å². The molecular weight excluding hydrogens is 367 g/mol. The molecule has 7 heteroatoms. The lowest BCUT2D eigenvalue weighted by molar-refractivity contribution is -0.187. The van der Waals surface area contributed by atoms with Gasteiger partial charge in [0.2, 0.25) is 0 Å². The first kappa shape index (κ1) is 18.7. The SMILES string of the molecule is Fc1ccc(C(F)(F)Oc2ccc(OCc3ccccc3)cc2F)cc1F. The Balaban J connectivity index is 1.72. The highest BCUT2D eigenvalue weighted by Crippen LogP contribution is 2.34. The fourth-order valence-corrected chi connectivity index (χ4v) is 2.27. The van der Waals surface area contributed by atoms with Crippen LogP contribution in [0.2, 0.25) is 0 Å². The van der Waals surface area contributed by atoms with Crippen LogP contribution >= 0.6 is 0 Å². The van der Waals surface area contributed by atoms with Gasteiger partial charge in [0.05, 0.1) is 5.56 Å². The van der Waals surface area contributed by atoms with E-state index in [-0.39, 0.29) is 12.4 Å². The molecule has 0 aromatic heterocycles. The summed E-state index contributed by atoms with van der Waals surface area (Å²) >= 11 is 0. The number of hydrogen-bond donors (Lipinski definition) is 0. The van der Waals surface area contributed by atoms with Gasteiger partial charge in [-0.05, 0) is 35.9 Å². The quantitative estimate of drug-likeness (QED) is 0.503. The molecule has 3 aromatic carbocycles. The third-order valence-corrected chi connectivity index (χ3v) is 3.65. The van der Waals surface area contributed by atoms with Gasteiger partial charge in [-0.1, -0.05) is 30.3 Å². The van der Waals surface area contributed by atoms with Crippen LogP contribution in [0.25, 0.3) is 0 Å². The average molecular weight is 380 g/mol. The van der Waals surface area contributed by atoms with E-state index in [4.69, 9.17) is 4.74 Å². The highest BCUT2D eigenvalue weighted by atomic mass is 19.3. The number of ether oxygens (including phenoxy) is 2. The smallest absolute Gasteiger partial charge is 0.426 e. The molecule has 0 unspecified atom stereocenters. The van der Waals surface area contributed by atoms with Crippen LogP contribution in [0.15, 0.2) is 66.7 Å². The van der Waals surface area contributed by atoms with Crippen molar-refractivity contribution in [2.75, 3.05) is 0 Å². The van der Waals surface area contributed by atoms with Crippen molar-refractivity contribution in [2.24, 2.45) is 0 Å². The zero-order valence-electron chi connectivity index (χ0n) is 13.8. The van der Waals surface area contributed by atoms with Gasteiger partial charge < -0.3 is 9.47 Å². The lowest BCUT2D eigenvalue weighted by atomic mass is 10.2. The minimum atomic E-state index is -4.05. The second-order valence-corrected chi connectivity index (χ2v) is 5.61. The van der Waals surface area contributed by atoms with E-state index in [9.17, 15) is 22.0 Å². The Morgan fingerprint density at radius 2 is 1.48 bits per heavy atom. The van der Waals surface area contributed by atoms with Gasteiger partial charge in [0, 0.05) is 6.07 Å². The zero-order chi connectivity index (χ0) is 19.4. The average Bonchev–Trinajstić information content (AvgIpc) is 2.65. The minimum absolute atomic E-state index is 0.125. The minimum Gasteiger partial charge on any atom is -0.489 e. The van der Waals surface area contributed by atoms with Crippen molar-refractivity contribution < 1.29 is 31.4 Å². The Kier molecular flexibility index (Phi) is 5.30. The van der Waals surface area contributed by atoms with Gasteiger partial charge in [-0.15, -0.1) is 0 Å². The molecule has 0 saturated heterocycles. The Hall–Kier alpha value is -3.09. The van der Waals surface area contributed by atoms with E-state index in [1.54, 1.807) is 0 Å². The summed E-state index contributed by atoms with van der Waals surface area (Å²) in [5, 5.41) is 0. The van der Waals surface area contributed by atoms with Gasteiger partial charge in [-0.2, -0.15) is 8.78 Å². The summed E-state index contributed by atoms with van der Waals surface area (Å²) in [5.74, 6) is -4.44. The molecule has 0 atom stereocenters. The van der Waals surface area contributed by atoms with Crippen LogP contribution in [0.3, 0.4) is 0 Å². The van der Waals surface area contributed by atoms with Gasteiger partial charge in [0.25, 0.3) is 0 Å². The molecule has 140 valence electrons. The molecule has 0 bridgehead atoms. The molecule has 0 fully saturated rings. The van der Waals surface area contributed by atoms with Crippen molar-refractivity contribution in [3.8, 4) is 11.5 Å². The summed E-state index contributed by atoms with van der Waals surface area (Å²) in [6, 6.07) is 13.7. The maximum Gasteiger partial charge on any atom is 0.426 e. The van der Waals surface area contributed by atoms with E-state index in [2.05, 4.69) is 4.74 Å². The van der Waals surface area contributed by atoms with Crippen LogP contribution in [0.5, 0.6) is 11.5 Å². The summed E-state index contributed by atoms with van der Waals surface area (Å²) in [6.07, 6.45) is -4.05. The maximum absolute atomic E-state index is 14.1. The second-order valence-electron chi connectivity index (χ2n) is 5.61. The zero-order valence-corrected chi connectivity index (χ0v) is 13.8. The van der Waals surface area contributed by atoms with E-state index in [0.717, 1.165) is 17.7 Å². The molecule has 0 amide bonds. The molecule has 0 aliphatic heterocycles. The highest BCUT2D eigenvalue weighted by molar-refractivity contribution is 5.34. The Labute approximate surface area is 151 Å².